The molecule has 2 aromatic rings. The third-order valence-electron chi connectivity index (χ3n) is 7.08. The van der Waals surface area contributed by atoms with Crippen molar-refractivity contribution in [2.24, 2.45) is 5.92 Å². The Bertz CT molecular complexity index is 782. The smallest absolute Gasteiger partial charge is 0.0178 e. The van der Waals surface area contributed by atoms with Gasteiger partial charge in [-0.15, -0.1) is 0 Å². The van der Waals surface area contributed by atoms with Gasteiger partial charge in [0.15, 0.2) is 0 Å². The SMILES string of the molecule is CCCCCCCCC1CC=C(c2ccc3cc(CCCCCC)ccc3c2)CC1. The molecule has 30 heavy (non-hydrogen) atoms. The highest BCUT2D eigenvalue weighted by Crippen LogP contribution is 2.34. The van der Waals surface area contributed by atoms with E-state index in [1.165, 1.54) is 118 Å². The fourth-order valence-electron chi connectivity index (χ4n) is 5.03. The topological polar surface area (TPSA) is 0 Å². The quantitative estimate of drug-likeness (QED) is 0.291. The van der Waals surface area contributed by atoms with Crippen LogP contribution in [0.3, 0.4) is 0 Å². The molecule has 0 radical (unpaired) electrons. The van der Waals surface area contributed by atoms with Crippen LogP contribution in [0.2, 0.25) is 0 Å². The lowest BCUT2D eigenvalue weighted by molar-refractivity contribution is 0.423. The van der Waals surface area contributed by atoms with Crippen LogP contribution in [0.1, 0.15) is 115 Å². The van der Waals surface area contributed by atoms with E-state index in [1.807, 2.05) is 0 Å². The van der Waals surface area contributed by atoms with Crippen molar-refractivity contribution in [2.75, 3.05) is 0 Å². The van der Waals surface area contributed by atoms with Gasteiger partial charge in [-0.25, -0.2) is 0 Å². The normalized spacial score (nSPS) is 16.7. The lowest BCUT2D eigenvalue weighted by atomic mass is 9.83. The summed E-state index contributed by atoms with van der Waals surface area (Å²) in [4.78, 5) is 0. The number of rotatable bonds is 13. The second-order valence-corrected chi connectivity index (χ2v) is 9.63. The zero-order valence-corrected chi connectivity index (χ0v) is 19.7. The summed E-state index contributed by atoms with van der Waals surface area (Å²) in [5.41, 5.74) is 4.54. The molecule has 0 N–H and O–H groups in total. The summed E-state index contributed by atoms with van der Waals surface area (Å²) < 4.78 is 0. The molecule has 1 atom stereocenters. The summed E-state index contributed by atoms with van der Waals surface area (Å²) in [6, 6.07) is 14.3. The van der Waals surface area contributed by atoms with E-state index in [4.69, 9.17) is 0 Å². The predicted molar refractivity (Wildman–Crippen MR) is 135 cm³/mol. The Morgan fingerprint density at radius 1 is 0.733 bits per heavy atom. The molecule has 0 saturated carbocycles. The lowest BCUT2D eigenvalue weighted by Gasteiger charge is -2.22. The van der Waals surface area contributed by atoms with Crippen molar-refractivity contribution in [3.8, 4) is 0 Å². The van der Waals surface area contributed by atoms with Crippen molar-refractivity contribution in [3.05, 3.63) is 53.6 Å². The van der Waals surface area contributed by atoms with Crippen molar-refractivity contribution < 1.29 is 0 Å². The Morgan fingerprint density at radius 3 is 2.20 bits per heavy atom. The number of benzene rings is 2. The van der Waals surface area contributed by atoms with E-state index < -0.39 is 0 Å². The van der Waals surface area contributed by atoms with Gasteiger partial charge in [0.1, 0.15) is 0 Å². The van der Waals surface area contributed by atoms with Crippen LogP contribution in [0.15, 0.2) is 42.5 Å². The molecule has 0 bridgehead atoms. The van der Waals surface area contributed by atoms with Gasteiger partial charge in [-0.3, -0.25) is 0 Å². The molecule has 0 spiro atoms. The van der Waals surface area contributed by atoms with Gasteiger partial charge < -0.3 is 0 Å². The average molecular weight is 405 g/mol. The summed E-state index contributed by atoms with van der Waals surface area (Å²) in [5, 5.41) is 2.81. The van der Waals surface area contributed by atoms with Gasteiger partial charge >= 0.3 is 0 Å². The van der Waals surface area contributed by atoms with Gasteiger partial charge in [0.2, 0.25) is 0 Å². The fraction of sp³-hybridized carbons (Fsp3) is 0.600. The zero-order valence-electron chi connectivity index (χ0n) is 19.7. The summed E-state index contributed by atoms with van der Waals surface area (Å²) in [6.45, 7) is 4.58. The first kappa shape index (κ1) is 23.1. The molecule has 1 aliphatic carbocycles. The predicted octanol–water partition coefficient (Wildman–Crippen LogP) is 9.90. The van der Waals surface area contributed by atoms with E-state index in [-0.39, 0.29) is 0 Å². The minimum Gasteiger partial charge on any atom is -0.0804 e. The Morgan fingerprint density at radius 2 is 1.43 bits per heavy atom. The first-order valence-corrected chi connectivity index (χ1v) is 13.0. The van der Waals surface area contributed by atoms with Crippen LogP contribution in [-0.2, 0) is 6.42 Å². The maximum Gasteiger partial charge on any atom is -0.0178 e. The standard InChI is InChI=1S/C30H44/c1-3-5-7-9-10-12-13-25-15-18-27(19-16-25)29-22-21-28-23-26(14-11-8-6-4-2)17-20-30(28)24-29/h17-18,20-25H,3-16,19H2,1-2H3. The van der Waals surface area contributed by atoms with Crippen molar-refractivity contribution in [3.63, 3.8) is 0 Å². The number of hydrogen-bond acceptors (Lipinski definition) is 0. The Hall–Kier alpha value is -1.56. The lowest BCUT2D eigenvalue weighted by Crippen LogP contribution is -2.05. The van der Waals surface area contributed by atoms with E-state index in [0.29, 0.717) is 0 Å². The molecule has 0 heteroatoms. The van der Waals surface area contributed by atoms with Gasteiger partial charge in [-0.2, -0.15) is 0 Å². The van der Waals surface area contributed by atoms with Gasteiger partial charge in [0.25, 0.3) is 0 Å². The molecule has 0 nitrogen and oxygen atoms in total. The van der Waals surface area contributed by atoms with Crippen LogP contribution in [0.4, 0.5) is 0 Å². The van der Waals surface area contributed by atoms with Crippen molar-refractivity contribution >= 4 is 16.3 Å². The minimum atomic E-state index is 0.927. The van der Waals surface area contributed by atoms with E-state index >= 15 is 0 Å². The highest BCUT2D eigenvalue weighted by molar-refractivity contribution is 5.87. The van der Waals surface area contributed by atoms with Gasteiger partial charge in [0, 0.05) is 0 Å². The largest absolute Gasteiger partial charge is 0.0804 e. The molecular weight excluding hydrogens is 360 g/mol. The van der Waals surface area contributed by atoms with Crippen molar-refractivity contribution in [1.29, 1.82) is 0 Å². The summed E-state index contributed by atoms with van der Waals surface area (Å²) in [7, 11) is 0. The Labute approximate surface area is 186 Å². The highest BCUT2D eigenvalue weighted by atomic mass is 14.2. The minimum absolute atomic E-state index is 0.927. The first-order valence-electron chi connectivity index (χ1n) is 13.0. The molecule has 1 aliphatic rings. The second-order valence-electron chi connectivity index (χ2n) is 9.63. The van der Waals surface area contributed by atoms with Crippen LogP contribution in [0, 0.1) is 5.92 Å². The third-order valence-corrected chi connectivity index (χ3v) is 7.08. The van der Waals surface area contributed by atoms with Crippen LogP contribution in [0.25, 0.3) is 16.3 Å². The van der Waals surface area contributed by atoms with Crippen LogP contribution in [-0.4, -0.2) is 0 Å². The van der Waals surface area contributed by atoms with Crippen LogP contribution < -0.4 is 0 Å². The maximum absolute atomic E-state index is 2.55. The molecule has 3 rings (SSSR count). The number of hydrogen-bond donors (Lipinski definition) is 0. The molecule has 0 fully saturated rings. The fourth-order valence-corrected chi connectivity index (χ4v) is 5.03. The molecule has 1 unspecified atom stereocenters. The monoisotopic (exact) mass is 404 g/mol. The molecule has 0 heterocycles. The van der Waals surface area contributed by atoms with E-state index in [2.05, 4.69) is 56.3 Å². The molecule has 0 saturated heterocycles. The van der Waals surface area contributed by atoms with Crippen LogP contribution in [0.5, 0.6) is 0 Å². The number of allylic oxidation sites excluding steroid dienone is 2. The van der Waals surface area contributed by atoms with Crippen LogP contribution >= 0.6 is 0 Å². The van der Waals surface area contributed by atoms with E-state index in [1.54, 1.807) is 5.57 Å². The number of aryl methyl sites for hydroxylation is 1. The maximum atomic E-state index is 2.55. The van der Waals surface area contributed by atoms with E-state index in [0.717, 1.165) is 5.92 Å². The van der Waals surface area contributed by atoms with Gasteiger partial charge in [0.05, 0.1) is 0 Å². The first-order chi connectivity index (χ1) is 14.8. The average Bonchev–Trinajstić information content (AvgIpc) is 2.79. The van der Waals surface area contributed by atoms with E-state index in [9.17, 15) is 0 Å². The van der Waals surface area contributed by atoms with Crippen molar-refractivity contribution in [2.45, 2.75) is 110 Å². The number of fused-ring (bicyclic) bond motifs is 1. The molecule has 164 valence electrons. The molecule has 0 amide bonds. The van der Waals surface area contributed by atoms with Gasteiger partial charge in [-0.1, -0.05) is 114 Å². The Kier molecular flexibility index (Phi) is 10.0. The zero-order chi connectivity index (χ0) is 21.0. The molecular formula is C30H44. The summed E-state index contributed by atoms with van der Waals surface area (Å²) in [6.07, 6.45) is 23.1. The number of unbranched alkanes of at least 4 members (excludes halogenated alkanes) is 8. The molecule has 0 aliphatic heterocycles. The molecule has 2 aromatic carbocycles. The summed E-state index contributed by atoms with van der Waals surface area (Å²) in [5.74, 6) is 0.927. The second kappa shape index (κ2) is 13.0. The third kappa shape index (κ3) is 7.29. The Balaban J connectivity index is 1.49. The summed E-state index contributed by atoms with van der Waals surface area (Å²) >= 11 is 0. The van der Waals surface area contributed by atoms with Gasteiger partial charge in [-0.05, 0) is 71.6 Å². The molecule has 0 aromatic heterocycles. The highest BCUT2D eigenvalue weighted by Gasteiger charge is 2.15. The van der Waals surface area contributed by atoms with Crippen molar-refractivity contribution in [1.82, 2.24) is 0 Å².